The average molecular weight is 1170 g/mol. The van der Waals surface area contributed by atoms with Gasteiger partial charge in [-0.3, -0.25) is 4.79 Å². The molecule has 0 N–H and O–H groups in total. The van der Waals surface area contributed by atoms with Crippen molar-refractivity contribution in [2.45, 2.75) is 121 Å². The monoisotopic (exact) mass is 1170 g/mol. The van der Waals surface area contributed by atoms with Crippen LogP contribution in [0.15, 0.2) is 103 Å². The van der Waals surface area contributed by atoms with Crippen molar-refractivity contribution < 1.29 is 54.8 Å². The van der Waals surface area contributed by atoms with Gasteiger partial charge in [0.2, 0.25) is 0 Å². The smallest absolute Gasteiger partial charge is 0.416 e. The predicted octanol–water partition coefficient (Wildman–Crippen LogP) is 16.8. The summed E-state index contributed by atoms with van der Waals surface area (Å²) in [7, 11) is 3.14. The highest BCUT2D eigenvalue weighted by Gasteiger charge is 2.51. The third-order valence-electron chi connectivity index (χ3n) is 19.7. The Hall–Kier alpha value is -6.87. The summed E-state index contributed by atoms with van der Waals surface area (Å²) in [6.45, 7) is 10.4. The highest BCUT2D eigenvalue weighted by molar-refractivity contribution is 6.10. The van der Waals surface area contributed by atoms with Crippen molar-refractivity contribution in [3.8, 4) is 34.1 Å². The Kier molecular flexibility index (Phi) is 16.1. The van der Waals surface area contributed by atoms with Crippen molar-refractivity contribution >= 4 is 39.9 Å². The summed E-state index contributed by atoms with van der Waals surface area (Å²) in [4.78, 5) is 20.2. The lowest BCUT2D eigenvalue weighted by atomic mass is 9.68. The van der Waals surface area contributed by atoms with Crippen molar-refractivity contribution in [1.82, 2.24) is 0 Å². The first-order chi connectivity index (χ1) is 40.9. The zero-order valence-electron chi connectivity index (χ0n) is 49.4. The second-order valence-corrected chi connectivity index (χ2v) is 25.0. The van der Waals surface area contributed by atoms with Gasteiger partial charge in [0.1, 0.15) is 23.0 Å². The molecule has 1 atom stereocenters. The molecule has 0 spiro atoms. The molecule has 4 fully saturated rings. The zero-order chi connectivity index (χ0) is 59.4. The number of carbonyl (C=O) groups excluding carboxylic acids is 1. The van der Waals surface area contributed by atoms with Gasteiger partial charge in [-0.1, -0.05) is 89.6 Å². The fourth-order valence-electron chi connectivity index (χ4n) is 15.2. The lowest BCUT2D eigenvalue weighted by Gasteiger charge is -2.40. The van der Waals surface area contributed by atoms with E-state index in [1.165, 1.54) is 51.4 Å². The predicted molar refractivity (Wildman–Crippen MR) is 323 cm³/mol. The van der Waals surface area contributed by atoms with Crippen LogP contribution in [-0.2, 0) is 32.9 Å². The zero-order valence-corrected chi connectivity index (χ0v) is 49.4. The van der Waals surface area contributed by atoms with Gasteiger partial charge >= 0.3 is 18.3 Å². The number of rotatable bonds is 14. The van der Waals surface area contributed by atoms with E-state index in [-0.39, 0.29) is 34.6 Å². The molecule has 2 saturated carbocycles. The van der Waals surface area contributed by atoms with E-state index in [1.54, 1.807) is 28.1 Å². The van der Waals surface area contributed by atoms with Crippen molar-refractivity contribution in [3.63, 3.8) is 0 Å². The normalized spacial score (nSPS) is 23.0. The molecule has 85 heavy (non-hydrogen) atoms. The molecular formula is C70H77F6N3O6. The molecule has 3 aliphatic carbocycles. The number of benzene rings is 6. The molecule has 2 saturated heterocycles. The van der Waals surface area contributed by atoms with Crippen LogP contribution in [0.2, 0.25) is 0 Å². The summed E-state index contributed by atoms with van der Waals surface area (Å²) >= 11 is 0. The number of morpholine rings is 1. The maximum absolute atomic E-state index is 15.4. The number of methoxy groups -OCH3 is 2. The number of hydrogen-bond acceptors (Lipinski definition) is 9. The van der Waals surface area contributed by atoms with Crippen LogP contribution in [0.5, 0.6) is 23.0 Å². The molecule has 0 aromatic heterocycles. The lowest BCUT2D eigenvalue weighted by molar-refractivity contribution is -0.144. The van der Waals surface area contributed by atoms with Gasteiger partial charge in [-0.25, -0.2) is 0 Å². The third kappa shape index (κ3) is 11.2. The molecule has 6 aliphatic rings. The van der Waals surface area contributed by atoms with Crippen LogP contribution >= 0.6 is 0 Å². The number of alkyl halides is 6. The van der Waals surface area contributed by atoms with Crippen LogP contribution in [0.3, 0.4) is 0 Å². The van der Waals surface area contributed by atoms with Gasteiger partial charge in [-0.05, 0) is 163 Å². The first-order valence-electron chi connectivity index (χ1n) is 30.7. The van der Waals surface area contributed by atoms with E-state index < -0.39 is 34.5 Å². The number of nitrogens with zero attached hydrogens (tertiary/aromatic N) is 3. The van der Waals surface area contributed by atoms with Crippen LogP contribution in [-0.4, -0.2) is 72.7 Å². The van der Waals surface area contributed by atoms with Gasteiger partial charge in [0.25, 0.3) is 0 Å². The Morgan fingerprint density at radius 2 is 1.22 bits per heavy atom. The summed E-state index contributed by atoms with van der Waals surface area (Å²) in [5.74, 6) is 4.10. The molecular weight excluding hydrogens is 1090 g/mol. The Morgan fingerprint density at radius 1 is 0.635 bits per heavy atom. The van der Waals surface area contributed by atoms with Gasteiger partial charge in [0, 0.05) is 78.1 Å². The van der Waals surface area contributed by atoms with Crippen molar-refractivity contribution in [2.75, 3.05) is 81.4 Å². The number of ether oxygens (including phenoxy) is 5. The van der Waals surface area contributed by atoms with E-state index in [2.05, 4.69) is 21.6 Å². The van der Waals surface area contributed by atoms with Gasteiger partial charge < -0.3 is 38.4 Å². The maximum atomic E-state index is 15.4. The molecule has 9 nitrogen and oxygen atoms in total. The summed E-state index contributed by atoms with van der Waals surface area (Å²) in [5.41, 5.74) is -0.538. The molecule has 0 amide bonds. The van der Waals surface area contributed by atoms with Crippen LogP contribution in [0, 0.1) is 23.7 Å². The molecule has 6 aromatic carbocycles. The number of fused-ring (bicyclic) bond motifs is 8. The minimum Gasteiger partial charge on any atom is -0.497 e. The summed E-state index contributed by atoms with van der Waals surface area (Å²) in [6.07, 6.45) is 8.22. The molecule has 0 radical (unpaired) electrons. The van der Waals surface area contributed by atoms with Gasteiger partial charge in [-0.2, -0.15) is 26.3 Å². The lowest BCUT2D eigenvalue weighted by Crippen LogP contribution is -2.46. The average Bonchev–Trinajstić information content (AvgIpc) is 1.59. The van der Waals surface area contributed by atoms with Crippen LogP contribution in [0.1, 0.15) is 137 Å². The number of carbonyl (C=O) groups is 1. The summed E-state index contributed by atoms with van der Waals surface area (Å²) in [6, 6.07) is 28.1. The first kappa shape index (κ1) is 58.5. The van der Waals surface area contributed by atoms with Crippen molar-refractivity contribution in [2.24, 2.45) is 23.7 Å². The number of piperazine rings is 1. The second kappa shape index (κ2) is 23.4. The first-order valence-corrected chi connectivity index (χ1v) is 30.7. The Morgan fingerprint density at radius 3 is 1.82 bits per heavy atom. The van der Waals surface area contributed by atoms with Gasteiger partial charge in [0.15, 0.2) is 5.60 Å². The van der Waals surface area contributed by atoms with Gasteiger partial charge in [-0.15, -0.1) is 0 Å². The van der Waals surface area contributed by atoms with Gasteiger partial charge in [0.05, 0.1) is 50.2 Å². The third-order valence-corrected chi connectivity index (χ3v) is 19.7. The maximum Gasteiger partial charge on any atom is 0.416 e. The summed E-state index contributed by atoms with van der Waals surface area (Å²) in [5, 5.41) is 0.898. The quantitative estimate of drug-likeness (QED) is 0.0459. The van der Waals surface area contributed by atoms with E-state index in [1.807, 2.05) is 97.1 Å². The number of unbranched alkanes of at least 4 members (excludes halogenated alkanes) is 2. The number of halogens is 6. The fraction of sp³-hybridized carbons (Fsp3) is 0.471. The molecule has 3 aliphatic heterocycles. The van der Waals surface area contributed by atoms with Crippen molar-refractivity contribution in [1.29, 1.82) is 0 Å². The highest BCUT2D eigenvalue weighted by atomic mass is 19.4. The van der Waals surface area contributed by atoms with E-state index in [4.69, 9.17) is 23.7 Å². The van der Waals surface area contributed by atoms with E-state index >= 15 is 13.2 Å². The fourth-order valence-corrected chi connectivity index (χ4v) is 15.2. The Bertz CT molecular complexity index is 3420. The summed E-state index contributed by atoms with van der Waals surface area (Å²) < 4.78 is 122. The molecule has 3 heterocycles. The molecule has 0 bridgehead atoms. The molecule has 1 unspecified atom stereocenters. The molecule has 15 heteroatoms. The standard InChI is InChI=1S/C70H77F6N3O6/c1-6-7-8-9-44-10-12-45(13-11-44)46-14-16-47(17-15-46)66(80)84-54-28-24-52(25-29-54)77-32-34-79(35-33-77)60-42-56-57(43-61(60)82-5)65-55(64-62(56)58-40-50(69(71,72)73)41-59(70(74,75)76)63(58)67(64,2)3)30-31-68(85-65,49-20-26-53(81-4)27-21-49)48-18-22-51(23-19-48)78-36-38-83-39-37-78/h18-31,40-47H,6-17,32-39H2,1-5H3. The Labute approximate surface area is 495 Å². The van der Waals surface area contributed by atoms with Crippen LogP contribution in [0.4, 0.5) is 43.4 Å². The second-order valence-electron chi connectivity index (χ2n) is 25.0. The van der Waals surface area contributed by atoms with Crippen LogP contribution < -0.4 is 33.6 Å². The minimum absolute atomic E-state index is 0.0924. The van der Waals surface area contributed by atoms with E-state index in [0.717, 1.165) is 79.2 Å². The highest BCUT2D eigenvalue weighted by Crippen LogP contribution is 2.62. The number of anilines is 3. The van der Waals surface area contributed by atoms with Crippen molar-refractivity contribution in [3.05, 3.63) is 142 Å². The molecule has 6 aromatic rings. The largest absolute Gasteiger partial charge is 0.497 e. The number of hydrogen-bond donors (Lipinski definition) is 0. The minimum atomic E-state index is -5.12. The topological polar surface area (TPSA) is 72.9 Å². The molecule has 12 rings (SSSR count). The van der Waals surface area contributed by atoms with Crippen LogP contribution in [0.25, 0.3) is 28.0 Å². The Balaban J connectivity index is 0.849. The van der Waals surface area contributed by atoms with E-state index in [0.29, 0.717) is 95.9 Å². The van der Waals surface area contributed by atoms with E-state index in [9.17, 15) is 18.0 Å². The molecule has 450 valence electrons. The SMILES string of the molecule is CCCCCC1CCC(C2CCC(C(=O)Oc3ccc(N4CCN(c5cc6c7c(c8c(c6cc5OC)OC(c5ccc(OC)cc5)(c5ccc(N6CCOCC6)cc5)C=C8)C(C)(C)c5c-7cc(C(F)(F)F)cc5C(F)(F)F)CC4)cc3)CC2)CC1. The number of esters is 1.